The molecule has 0 aliphatic carbocycles. The first-order chi connectivity index (χ1) is 9.51. The van der Waals surface area contributed by atoms with Gasteiger partial charge in [-0.25, -0.2) is 0 Å². The van der Waals surface area contributed by atoms with E-state index in [0.29, 0.717) is 11.3 Å². The van der Waals surface area contributed by atoms with Gasteiger partial charge in [0.05, 0.1) is 0 Å². The van der Waals surface area contributed by atoms with Gasteiger partial charge in [0.2, 0.25) is 0 Å². The van der Waals surface area contributed by atoms with Crippen LogP contribution in [-0.2, 0) is 0 Å². The molecule has 1 aliphatic heterocycles. The Bertz CT molecular complexity index is 504. The second kappa shape index (κ2) is 6.59. The molecule has 4 nitrogen and oxygen atoms in total. The van der Waals surface area contributed by atoms with Gasteiger partial charge in [0.15, 0.2) is 0 Å². The number of nitrogens with one attached hydrogen (secondary N) is 1. The van der Waals surface area contributed by atoms with Gasteiger partial charge in [-0.05, 0) is 50.6 Å². The Kier molecular flexibility index (Phi) is 5.05. The van der Waals surface area contributed by atoms with Crippen LogP contribution in [0.3, 0.4) is 0 Å². The summed E-state index contributed by atoms with van der Waals surface area (Å²) in [6.45, 7) is 7.14. The first-order valence-electron chi connectivity index (χ1n) is 7.10. The van der Waals surface area contributed by atoms with Crippen molar-refractivity contribution in [3.05, 3.63) is 27.7 Å². The summed E-state index contributed by atoms with van der Waals surface area (Å²) < 4.78 is 0.838. The van der Waals surface area contributed by atoms with Crippen molar-refractivity contribution in [1.29, 1.82) is 0 Å². The molecule has 0 spiro atoms. The van der Waals surface area contributed by atoms with Gasteiger partial charge in [0, 0.05) is 28.3 Å². The number of carbonyl (C=O) groups excluding carboxylic acids is 1. The zero-order valence-corrected chi connectivity index (χ0v) is 13.7. The van der Waals surface area contributed by atoms with E-state index in [-0.39, 0.29) is 11.9 Å². The Balaban J connectivity index is 2.08. The van der Waals surface area contributed by atoms with Crippen molar-refractivity contribution in [3.8, 4) is 0 Å². The molecule has 0 saturated carbocycles. The first kappa shape index (κ1) is 15.3. The Morgan fingerprint density at radius 1 is 1.55 bits per heavy atom. The third-order valence-electron chi connectivity index (χ3n) is 3.95. The van der Waals surface area contributed by atoms with Crippen LogP contribution in [0.15, 0.2) is 16.6 Å². The Hall–Kier alpha value is -1.07. The maximum absolute atomic E-state index is 12.4. The van der Waals surface area contributed by atoms with E-state index in [1.807, 2.05) is 19.1 Å². The predicted octanol–water partition coefficient (Wildman–Crippen LogP) is 2.55. The fraction of sp³-hybridized carbons (Fsp3) is 0.533. The Morgan fingerprint density at radius 2 is 2.30 bits per heavy atom. The Labute approximate surface area is 128 Å². The number of likely N-dealkylation sites (N-methyl/N-ethyl adjacent to an activating group) is 1. The number of carbonyl (C=O) groups is 1. The van der Waals surface area contributed by atoms with Crippen LogP contribution < -0.4 is 11.1 Å². The van der Waals surface area contributed by atoms with E-state index in [4.69, 9.17) is 5.73 Å². The zero-order chi connectivity index (χ0) is 14.7. The summed E-state index contributed by atoms with van der Waals surface area (Å²) in [5.74, 6) is -0.0292. The molecule has 2 rings (SSSR count). The lowest BCUT2D eigenvalue weighted by atomic mass is 10.0. The third kappa shape index (κ3) is 3.52. The molecular weight excluding hydrogens is 318 g/mol. The number of nitrogens with two attached hydrogens (primary N) is 1. The number of nitrogen functional groups attached to an aromatic ring is 1. The maximum Gasteiger partial charge on any atom is 0.251 e. The van der Waals surface area contributed by atoms with Gasteiger partial charge in [-0.3, -0.25) is 4.79 Å². The van der Waals surface area contributed by atoms with Crippen LogP contribution in [-0.4, -0.2) is 36.5 Å². The number of hydrogen-bond acceptors (Lipinski definition) is 3. The average molecular weight is 340 g/mol. The number of benzene rings is 1. The smallest absolute Gasteiger partial charge is 0.251 e. The van der Waals surface area contributed by atoms with Crippen LogP contribution in [0, 0.1) is 6.92 Å². The predicted molar refractivity (Wildman–Crippen MR) is 85.9 cm³/mol. The lowest BCUT2D eigenvalue weighted by molar-refractivity contribution is 0.0905. The van der Waals surface area contributed by atoms with Crippen LogP contribution >= 0.6 is 15.9 Å². The second-order valence-electron chi connectivity index (χ2n) is 5.37. The standard InChI is InChI=1S/C15H22BrN3O/c1-3-19-6-4-5-12(9-19)18-15(20)13-7-11(16)8-14(17)10(13)2/h7-8,12H,3-6,9,17H2,1-2H3,(H,18,20). The molecule has 1 atom stereocenters. The van der Waals surface area contributed by atoms with Crippen molar-refractivity contribution < 1.29 is 4.79 Å². The van der Waals surface area contributed by atoms with Gasteiger partial charge in [-0.15, -0.1) is 0 Å². The molecule has 20 heavy (non-hydrogen) atoms. The molecule has 1 saturated heterocycles. The van der Waals surface area contributed by atoms with Gasteiger partial charge < -0.3 is 16.0 Å². The van der Waals surface area contributed by atoms with E-state index in [2.05, 4.69) is 33.1 Å². The molecule has 1 amide bonds. The summed E-state index contributed by atoms with van der Waals surface area (Å²) in [6, 6.07) is 3.89. The summed E-state index contributed by atoms with van der Waals surface area (Å²) >= 11 is 3.39. The minimum absolute atomic E-state index is 0.0292. The summed E-state index contributed by atoms with van der Waals surface area (Å²) in [6.07, 6.45) is 2.18. The monoisotopic (exact) mass is 339 g/mol. The van der Waals surface area contributed by atoms with E-state index < -0.39 is 0 Å². The molecular formula is C15H22BrN3O. The summed E-state index contributed by atoms with van der Waals surface area (Å²) in [5.41, 5.74) is 8.06. The fourth-order valence-electron chi connectivity index (χ4n) is 2.66. The van der Waals surface area contributed by atoms with Crippen molar-refractivity contribution in [1.82, 2.24) is 10.2 Å². The van der Waals surface area contributed by atoms with E-state index in [1.54, 1.807) is 0 Å². The molecule has 0 bridgehead atoms. The number of anilines is 1. The first-order valence-corrected chi connectivity index (χ1v) is 7.89. The highest BCUT2D eigenvalue weighted by atomic mass is 79.9. The van der Waals surface area contributed by atoms with Crippen LogP contribution in [0.25, 0.3) is 0 Å². The van der Waals surface area contributed by atoms with Crippen LogP contribution in [0.1, 0.15) is 35.7 Å². The molecule has 1 aromatic rings. The molecule has 1 aromatic carbocycles. The number of hydrogen-bond donors (Lipinski definition) is 2. The van der Waals surface area contributed by atoms with Crippen molar-refractivity contribution >= 4 is 27.5 Å². The molecule has 1 unspecified atom stereocenters. The number of rotatable bonds is 3. The zero-order valence-electron chi connectivity index (χ0n) is 12.1. The molecule has 110 valence electrons. The molecule has 1 aliphatic rings. The summed E-state index contributed by atoms with van der Waals surface area (Å²) in [5, 5.41) is 3.14. The minimum Gasteiger partial charge on any atom is -0.398 e. The van der Waals surface area contributed by atoms with E-state index in [1.165, 1.54) is 0 Å². The number of amides is 1. The van der Waals surface area contributed by atoms with Gasteiger partial charge in [0.25, 0.3) is 5.91 Å². The summed E-state index contributed by atoms with van der Waals surface area (Å²) in [7, 11) is 0. The lowest BCUT2D eigenvalue weighted by Gasteiger charge is -2.32. The third-order valence-corrected chi connectivity index (χ3v) is 4.40. The molecule has 0 aromatic heterocycles. The largest absolute Gasteiger partial charge is 0.398 e. The Morgan fingerprint density at radius 3 is 3.00 bits per heavy atom. The minimum atomic E-state index is -0.0292. The quantitative estimate of drug-likeness (QED) is 0.832. The molecule has 1 fully saturated rings. The molecule has 0 radical (unpaired) electrons. The number of nitrogens with zero attached hydrogens (tertiary/aromatic N) is 1. The van der Waals surface area contributed by atoms with E-state index in [0.717, 1.165) is 42.5 Å². The topological polar surface area (TPSA) is 58.4 Å². The van der Waals surface area contributed by atoms with Gasteiger partial charge in [-0.1, -0.05) is 22.9 Å². The molecule has 1 heterocycles. The average Bonchev–Trinajstić information content (AvgIpc) is 2.43. The highest BCUT2D eigenvalue weighted by molar-refractivity contribution is 9.10. The van der Waals surface area contributed by atoms with Crippen LogP contribution in [0.2, 0.25) is 0 Å². The second-order valence-corrected chi connectivity index (χ2v) is 6.29. The molecule has 3 N–H and O–H groups in total. The van der Waals surface area contributed by atoms with E-state index in [9.17, 15) is 4.79 Å². The summed E-state index contributed by atoms with van der Waals surface area (Å²) in [4.78, 5) is 14.8. The van der Waals surface area contributed by atoms with Gasteiger partial charge in [0.1, 0.15) is 0 Å². The van der Waals surface area contributed by atoms with Crippen LogP contribution in [0.4, 0.5) is 5.69 Å². The van der Waals surface area contributed by atoms with Crippen molar-refractivity contribution in [2.24, 2.45) is 0 Å². The number of halogens is 1. The van der Waals surface area contributed by atoms with Crippen molar-refractivity contribution in [3.63, 3.8) is 0 Å². The van der Waals surface area contributed by atoms with Crippen LogP contribution in [0.5, 0.6) is 0 Å². The van der Waals surface area contributed by atoms with Crippen molar-refractivity contribution in [2.75, 3.05) is 25.4 Å². The molecule has 5 heteroatoms. The number of piperidine rings is 1. The fourth-order valence-corrected chi connectivity index (χ4v) is 3.14. The SMILES string of the molecule is CCN1CCCC(NC(=O)c2cc(Br)cc(N)c2C)C1. The van der Waals surface area contributed by atoms with E-state index >= 15 is 0 Å². The number of likely N-dealkylation sites (tertiary alicyclic amines) is 1. The highest BCUT2D eigenvalue weighted by Gasteiger charge is 2.22. The van der Waals surface area contributed by atoms with Crippen molar-refractivity contribution in [2.45, 2.75) is 32.7 Å². The van der Waals surface area contributed by atoms with Gasteiger partial charge in [-0.2, -0.15) is 0 Å². The highest BCUT2D eigenvalue weighted by Crippen LogP contribution is 2.23. The normalized spacial score (nSPS) is 19.9. The maximum atomic E-state index is 12.4. The van der Waals surface area contributed by atoms with Gasteiger partial charge >= 0.3 is 0 Å². The lowest BCUT2D eigenvalue weighted by Crippen LogP contribution is -2.47.